The van der Waals surface area contributed by atoms with Gasteiger partial charge in [0.15, 0.2) is 5.78 Å². The molecule has 0 bridgehead atoms. The monoisotopic (exact) mass is 347 g/mol. The van der Waals surface area contributed by atoms with Gasteiger partial charge >= 0.3 is 0 Å². The Morgan fingerprint density at radius 2 is 1.78 bits per heavy atom. The van der Waals surface area contributed by atoms with Crippen LogP contribution in [0.2, 0.25) is 5.02 Å². The lowest BCUT2D eigenvalue weighted by Crippen LogP contribution is -2.18. The van der Waals surface area contributed by atoms with Crippen LogP contribution in [0.1, 0.15) is 23.8 Å². The zero-order valence-corrected chi connectivity index (χ0v) is 13.9. The first-order valence-corrected chi connectivity index (χ1v) is 8.92. The van der Waals surface area contributed by atoms with Crippen molar-refractivity contribution in [3.05, 3.63) is 65.3 Å². The number of nitrogens with zero attached hydrogens (tertiary/aromatic N) is 1. The van der Waals surface area contributed by atoms with Gasteiger partial charge in [0, 0.05) is 16.8 Å². The molecule has 3 rings (SSSR count). The highest BCUT2D eigenvalue weighted by Gasteiger charge is 2.25. The van der Waals surface area contributed by atoms with Gasteiger partial charge in [-0.2, -0.15) is 0 Å². The summed E-state index contributed by atoms with van der Waals surface area (Å²) in [4.78, 5) is 12.4. The summed E-state index contributed by atoms with van der Waals surface area (Å²) in [6.45, 7) is 1.70. The molecule has 0 aliphatic carbocycles. The van der Waals surface area contributed by atoms with Gasteiger partial charge in [-0.3, -0.25) is 4.79 Å². The fourth-order valence-electron chi connectivity index (χ4n) is 2.49. The van der Waals surface area contributed by atoms with Crippen LogP contribution in [-0.4, -0.2) is 18.2 Å². The van der Waals surface area contributed by atoms with Crippen LogP contribution in [0, 0.1) is 0 Å². The number of ketones is 1. The van der Waals surface area contributed by atoms with E-state index in [1.807, 2.05) is 0 Å². The number of hydrogen-bond donors (Lipinski definition) is 0. The molecule has 0 fully saturated rings. The summed E-state index contributed by atoms with van der Waals surface area (Å²) in [7, 11) is -3.87. The van der Waals surface area contributed by atoms with E-state index in [-0.39, 0.29) is 22.8 Å². The maximum atomic E-state index is 13.0. The Labute approximate surface area is 139 Å². The van der Waals surface area contributed by atoms with Crippen molar-refractivity contribution in [1.29, 1.82) is 0 Å². The highest BCUT2D eigenvalue weighted by Crippen LogP contribution is 2.28. The van der Waals surface area contributed by atoms with Gasteiger partial charge in [-0.25, -0.2) is 12.4 Å². The predicted octanol–water partition coefficient (Wildman–Crippen LogP) is 4.12. The second-order valence-electron chi connectivity index (χ2n) is 5.09. The van der Waals surface area contributed by atoms with Crippen molar-refractivity contribution in [3.8, 4) is 0 Å². The SMILES string of the molecule is CCC(=O)c1cc2cc(Cl)ccc2n1S(=O)(=O)c1ccccc1. The van der Waals surface area contributed by atoms with Gasteiger partial charge in [0.2, 0.25) is 0 Å². The molecule has 6 heteroatoms. The van der Waals surface area contributed by atoms with Crippen LogP contribution in [0.5, 0.6) is 0 Å². The van der Waals surface area contributed by atoms with Gasteiger partial charge in [-0.1, -0.05) is 36.7 Å². The van der Waals surface area contributed by atoms with Crippen LogP contribution < -0.4 is 0 Å². The van der Waals surface area contributed by atoms with E-state index in [0.29, 0.717) is 15.9 Å². The summed E-state index contributed by atoms with van der Waals surface area (Å²) in [6.07, 6.45) is 0.217. The molecule has 23 heavy (non-hydrogen) atoms. The zero-order valence-electron chi connectivity index (χ0n) is 12.4. The van der Waals surface area contributed by atoms with Crippen molar-refractivity contribution in [2.24, 2.45) is 0 Å². The maximum absolute atomic E-state index is 13.0. The van der Waals surface area contributed by atoms with Crippen LogP contribution in [0.15, 0.2) is 59.5 Å². The minimum Gasteiger partial charge on any atom is -0.293 e. The normalized spacial score (nSPS) is 11.7. The fraction of sp³-hybridized carbons (Fsp3) is 0.118. The lowest BCUT2D eigenvalue weighted by Gasteiger charge is -2.11. The molecule has 2 aromatic carbocycles. The number of rotatable bonds is 4. The van der Waals surface area contributed by atoms with Crippen LogP contribution >= 0.6 is 11.6 Å². The minimum atomic E-state index is -3.87. The van der Waals surface area contributed by atoms with E-state index < -0.39 is 10.0 Å². The summed E-state index contributed by atoms with van der Waals surface area (Å²) in [5.74, 6) is -0.239. The van der Waals surface area contributed by atoms with Gasteiger partial charge in [-0.15, -0.1) is 0 Å². The third-order valence-corrected chi connectivity index (χ3v) is 5.58. The van der Waals surface area contributed by atoms with Crippen LogP contribution in [0.4, 0.5) is 0 Å². The summed E-state index contributed by atoms with van der Waals surface area (Å²) in [5.41, 5.74) is 0.587. The molecule has 0 saturated heterocycles. The number of carbonyl (C=O) groups is 1. The Bertz CT molecular complexity index is 991. The number of benzene rings is 2. The van der Waals surface area contributed by atoms with Crippen molar-refractivity contribution < 1.29 is 13.2 Å². The molecule has 118 valence electrons. The average Bonchev–Trinajstić information content (AvgIpc) is 2.94. The van der Waals surface area contributed by atoms with Gasteiger partial charge < -0.3 is 0 Å². The van der Waals surface area contributed by atoms with E-state index >= 15 is 0 Å². The van der Waals surface area contributed by atoms with Crippen molar-refractivity contribution in [3.63, 3.8) is 0 Å². The molecule has 0 atom stereocenters. The molecule has 1 aromatic heterocycles. The molecule has 0 spiro atoms. The van der Waals surface area contributed by atoms with Crippen molar-refractivity contribution in [1.82, 2.24) is 3.97 Å². The Kier molecular flexibility index (Phi) is 4.00. The third kappa shape index (κ3) is 2.66. The molecular formula is C17H14ClNO3S. The Morgan fingerprint density at radius 1 is 1.09 bits per heavy atom. The molecule has 0 saturated carbocycles. The number of hydrogen-bond acceptors (Lipinski definition) is 3. The first-order valence-electron chi connectivity index (χ1n) is 7.10. The first-order chi connectivity index (χ1) is 10.9. The summed E-state index contributed by atoms with van der Waals surface area (Å²) in [6, 6.07) is 14.5. The summed E-state index contributed by atoms with van der Waals surface area (Å²) >= 11 is 5.98. The Hall–Kier alpha value is -2.11. The molecule has 4 nitrogen and oxygen atoms in total. The molecular weight excluding hydrogens is 334 g/mol. The number of aromatic nitrogens is 1. The van der Waals surface area contributed by atoms with E-state index in [9.17, 15) is 13.2 Å². The number of carbonyl (C=O) groups excluding carboxylic acids is 1. The van der Waals surface area contributed by atoms with Crippen LogP contribution in [-0.2, 0) is 10.0 Å². The Morgan fingerprint density at radius 3 is 2.43 bits per heavy atom. The van der Waals surface area contributed by atoms with E-state index in [2.05, 4.69) is 0 Å². The molecule has 3 aromatic rings. The van der Waals surface area contributed by atoms with Crippen LogP contribution in [0.3, 0.4) is 0 Å². The number of halogens is 1. The molecule has 0 unspecified atom stereocenters. The molecule has 0 amide bonds. The molecule has 1 heterocycles. The van der Waals surface area contributed by atoms with E-state index in [1.54, 1.807) is 49.4 Å². The smallest absolute Gasteiger partial charge is 0.268 e. The lowest BCUT2D eigenvalue weighted by molar-refractivity contribution is 0.0982. The molecule has 0 aliphatic heterocycles. The molecule has 0 radical (unpaired) electrons. The van der Waals surface area contributed by atoms with Crippen molar-refractivity contribution in [2.45, 2.75) is 18.2 Å². The number of Topliss-reactive ketones (excluding diaryl/α,β-unsaturated/α-hetero) is 1. The lowest BCUT2D eigenvalue weighted by atomic mass is 10.2. The molecule has 0 N–H and O–H groups in total. The highest BCUT2D eigenvalue weighted by atomic mass is 35.5. The quantitative estimate of drug-likeness (QED) is 0.667. The minimum absolute atomic E-state index is 0.137. The highest BCUT2D eigenvalue weighted by molar-refractivity contribution is 7.90. The first kappa shape index (κ1) is 15.8. The van der Waals surface area contributed by atoms with Crippen molar-refractivity contribution in [2.75, 3.05) is 0 Å². The zero-order chi connectivity index (χ0) is 16.6. The maximum Gasteiger partial charge on any atom is 0.268 e. The fourth-order valence-corrected chi connectivity index (χ4v) is 4.22. The predicted molar refractivity (Wildman–Crippen MR) is 90.6 cm³/mol. The van der Waals surface area contributed by atoms with Gasteiger partial charge in [0.05, 0.1) is 10.4 Å². The Balaban J connectivity index is 2.37. The largest absolute Gasteiger partial charge is 0.293 e. The van der Waals surface area contributed by atoms with E-state index in [4.69, 9.17) is 11.6 Å². The standard InChI is InChI=1S/C17H14ClNO3S/c1-2-17(20)16-11-12-10-13(18)8-9-15(12)19(16)23(21,22)14-6-4-3-5-7-14/h3-11H,2H2,1H3. The van der Waals surface area contributed by atoms with Gasteiger partial charge in [0.1, 0.15) is 5.69 Å². The van der Waals surface area contributed by atoms with E-state index in [1.165, 1.54) is 12.1 Å². The van der Waals surface area contributed by atoms with Gasteiger partial charge in [-0.05, 0) is 36.4 Å². The van der Waals surface area contributed by atoms with Crippen LogP contribution in [0.25, 0.3) is 10.9 Å². The van der Waals surface area contributed by atoms with Gasteiger partial charge in [0.25, 0.3) is 10.0 Å². The number of fused-ring (bicyclic) bond motifs is 1. The second-order valence-corrected chi connectivity index (χ2v) is 7.32. The van der Waals surface area contributed by atoms with E-state index in [0.717, 1.165) is 3.97 Å². The second kappa shape index (κ2) is 5.83. The van der Waals surface area contributed by atoms with Crippen molar-refractivity contribution >= 4 is 38.3 Å². The average molecular weight is 348 g/mol. The third-order valence-electron chi connectivity index (χ3n) is 3.61. The molecule has 0 aliphatic rings. The summed E-state index contributed by atoms with van der Waals surface area (Å²) in [5, 5.41) is 1.11. The topological polar surface area (TPSA) is 56.1 Å². The summed E-state index contributed by atoms with van der Waals surface area (Å²) < 4.78 is 27.1.